The van der Waals surface area contributed by atoms with Crippen LogP contribution in [0.2, 0.25) is 0 Å². The van der Waals surface area contributed by atoms with E-state index in [9.17, 15) is 4.79 Å². The number of carbonyl (C=O) groups is 1. The van der Waals surface area contributed by atoms with Gasteiger partial charge in [-0.3, -0.25) is 9.69 Å². The Balaban J connectivity index is 1.56. The lowest BCUT2D eigenvalue weighted by molar-refractivity contribution is -0.130. The highest BCUT2D eigenvalue weighted by Crippen LogP contribution is 2.31. The summed E-state index contributed by atoms with van der Waals surface area (Å²) in [5.74, 6) is 0.100. The molecule has 0 unspecified atom stereocenters. The van der Waals surface area contributed by atoms with Gasteiger partial charge >= 0.3 is 0 Å². The van der Waals surface area contributed by atoms with E-state index >= 15 is 0 Å². The summed E-state index contributed by atoms with van der Waals surface area (Å²) in [5, 5.41) is 6.11. The maximum atomic E-state index is 12.9. The van der Waals surface area contributed by atoms with Crippen molar-refractivity contribution >= 4 is 17.2 Å². The molecule has 2 fully saturated rings. The standard InChI is InChI=1S/C18H21N3O2S/c22-17(20-14-6-7-14)16(13-4-2-1-3-5-13)21-9-10-23-15(12-21)18-19-8-11-24-18/h1-5,8,11,14-16H,6-7,9-10,12H2,(H,20,22)/t15-,16+/m1/s1. The largest absolute Gasteiger partial charge is 0.368 e. The van der Waals surface area contributed by atoms with Crippen molar-refractivity contribution in [2.75, 3.05) is 19.7 Å². The molecule has 1 aliphatic carbocycles. The monoisotopic (exact) mass is 343 g/mol. The molecule has 5 nitrogen and oxygen atoms in total. The summed E-state index contributed by atoms with van der Waals surface area (Å²) in [7, 11) is 0. The van der Waals surface area contributed by atoms with Gasteiger partial charge in [-0.2, -0.15) is 0 Å². The van der Waals surface area contributed by atoms with Gasteiger partial charge in [0.05, 0.1) is 6.61 Å². The number of benzene rings is 1. The molecular formula is C18H21N3O2S. The Kier molecular flexibility index (Phi) is 4.60. The van der Waals surface area contributed by atoms with Gasteiger partial charge in [-0.05, 0) is 18.4 Å². The van der Waals surface area contributed by atoms with Crippen LogP contribution in [0.5, 0.6) is 0 Å². The molecule has 4 rings (SSSR count). The highest BCUT2D eigenvalue weighted by Gasteiger charge is 2.35. The molecule has 1 saturated carbocycles. The zero-order valence-electron chi connectivity index (χ0n) is 13.4. The molecule has 126 valence electrons. The lowest BCUT2D eigenvalue weighted by Crippen LogP contribution is -2.47. The van der Waals surface area contributed by atoms with Crippen molar-refractivity contribution in [1.29, 1.82) is 0 Å². The predicted molar refractivity (Wildman–Crippen MR) is 92.7 cm³/mol. The van der Waals surface area contributed by atoms with Gasteiger partial charge in [0.15, 0.2) is 0 Å². The number of carbonyl (C=O) groups excluding carboxylic acids is 1. The van der Waals surface area contributed by atoms with Gasteiger partial charge in [-0.1, -0.05) is 30.3 Å². The summed E-state index contributed by atoms with van der Waals surface area (Å²) in [6, 6.07) is 10.1. The quantitative estimate of drug-likeness (QED) is 0.906. The molecule has 2 heterocycles. The summed E-state index contributed by atoms with van der Waals surface area (Å²) in [6.07, 6.45) is 3.94. The molecule has 2 aliphatic rings. The molecule has 0 spiro atoms. The molecule has 1 amide bonds. The smallest absolute Gasteiger partial charge is 0.242 e. The van der Waals surface area contributed by atoms with E-state index in [0.29, 0.717) is 19.2 Å². The van der Waals surface area contributed by atoms with E-state index < -0.39 is 0 Å². The third-order valence-electron chi connectivity index (χ3n) is 4.48. The van der Waals surface area contributed by atoms with E-state index in [-0.39, 0.29) is 18.1 Å². The van der Waals surface area contributed by atoms with Crippen molar-refractivity contribution in [2.45, 2.75) is 31.0 Å². The van der Waals surface area contributed by atoms with Gasteiger partial charge in [-0.25, -0.2) is 4.98 Å². The van der Waals surface area contributed by atoms with E-state index in [1.807, 2.05) is 35.7 Å². The molecule has 1 saturated heterocycles. The van der Waals surface area contributed by atoms with Gasteiger partial charge in [0.25, 0.3) is 0 Å². The first kappa shape index (κ1) is 15.7. The molecule has 1 aromatic carbocycles. The highest BCUT2D eigenvalue weighted by molar-refractivity contribution is 7.09. The van der Waals surface area contributed by atoms with Crippen LogP contribution in [-0.4, -0.2) is 41.5 Å². The number of nitrogens with one attached hydrogen (secondary N) is 1. The first-order valence-corrected chi connectivity index (χ1v) is 9.29. The summed E-state index contributed by atoms with van der Waals surface area (Å²) in [6.45, 7) is 2.05. The van der Waals surface area contributed by atoms with Crippen LogP contribution >= 0.6 is 11.3 Å². The molecule has 6 heteroatoms. The molecule has 2 aromatic rings. The van der Waals surface area contributed by atoms with Crippen molar-refractivity contribution in [3.8, 4) is 0 Å². The minimum absolute atomic E-state index is 0.0568. The van der Waals surface area contributed by atoms with Gasteiger partial charge in [-0.15, -0.1) is 11.3 Å². The second-order valence-corrected chi connectivity index (χ2v) is 7.25. The van der Waals surface area contributed by atoms with E-state index in [1.54, 1.807) is 17.5 Å². The molecule has 24 heavy (non-hydrogen) atoms. The second-order valence-electron chi connectivity index (χ2n) is 6.32. The number of hydrogen-bond donors (Lipinski definition) is 1. The van der Waals surface area contributed by atoms with Crippen LogP contribution in [0.3, 0.4) is 0 Å². The van der Waals surface area contributed by atoms with Crippen LogP contribution in [0.1, 0.15) is 35.6 Å². The van der Waals surface area contributed by atoms with Crippen LogP contribution < -0.4 is 5.32 Å². The molecule has 0 radical (unpaired) electrons. The third-order valence-corrected chi connectivity index (χ3v) is 5.34. The number of rotatable bonds is 5. The molecule has 0 bridgehead atoms. The van der Waals surface area contributed by atoms with E-state index in [4.69, 9.17) is 4.74 Å². The molecule has 1 aromatic heterocycles. The fourth-order valence-electron chi connectivity index (χ4n) is 3.12. The first-order chi connectivity index (χ1) is 11.8. The van der Waals surface area contributed by atoms with E-state index in [2.05, 4.69) is 15.2 Å². The maximum Gasteiger partial charge on any atom is 0.242 e. The van der Waals surface area contributed by atoms with Gasteiger partial charge in [0.1, 0.15) is 17.2 Å². The highest BCUT2D eigenvalue weighted by atomic mass is 32.1. The van der Waals surface area contributed by atoms with Crippen molar-refractivity contribution < 1.29 is 9.53 Å². The number of nitrogens with zero attached hydrogens (tertiary/aromatic N) is 2. The number of thiazole rings is 1. The fourth-order valence-corrected chi connectivity index (χ4v) is 3.79. The van der Waals surface area contributed by atoms with Crippen molar-refractivity contribution in [3.63, 3.8) is 0 Å². The molecule has 2 atom stereocenters. The zero-order chi connectivity index (χ0) is 16.4. The lowest BCUT2D eigenvalue weighted by atomic mass is 10.0. The Morgan fingerprint density at radius 3 is 2.88 bits per heavy atom. The van der Waals surface area contributed by atoms with E-state index in [1.165, 1.54) is 0 Å². The first-order valence-electron chi connectivity index (χ1n) is 8.41. The Morgan fingerprint density at radius 2 is 2.17 bits per heavy atom. The molecular weight excluding hydrogens is 322 g/mol. The zero-order valence-corrected chi connectivity index (χ0v) is 14.2. The Labute approximate surface area is 145 Å². The van der Waals surface area contributed by atoms with E-state index in [0.717, 1.165) is 30.0 Å². The third kappa shape index (κ3) is 3.50. The van der Waals surface area contributed by atoms with Gasteiger partial charge in [0.2, 0.25) is 5.91 Å². The second kappa shape index (κ2) is 7.01. The topological polar surface area (TPSA) is 54.5 Å². The summed E-state index contributed by atoms with van der Waals surface area (Å²) in [5.41, 5.74) is 1.04. The minimum atomic E-state index is -0.266. The van der Waals surface area contributed by atoms with Crippen molar-refractivity contribution in [3.05, 3.63) is 52.5 Å². The summed E-state index contributed by atoms with van der Waals surface area (Å²) >= 11 is 1.60. The average molecular weight is 343 g/mol. The minimum Gasteiger partial charge on any atom is -0.368 e. The number of aromatic nitrogens is 1. The summed E-state index contributed by atoms with van der Waals surface area (Å²) < 4.78 is 5.89. The molecule has 1 aliphatic heterocycles. The SMILES string of the molecule is O=C(NC1CC1)[C@H](c1ccccc1)N1CCO[C@@H](c2nccs2)C1. The lowest BCUT2D eigenvalue weighted by Gasteiger charge is -2.37. The predicted octanol–water partition coefficient (Wildman–Crippen LogP) is 2.54. The summed E-state index contributed by atoms with van der Waals surface area (Å²) in [4.78, 5) is 19.5. The normalized spacial score (nSPS) is 22.9. The van der Waals surface area contributed by atoms with Crippen LogP contribution in [0.4, 0.5) is 0 Å². The van der Waals surface area contributed by atoms with Gasteiger partial charge < -0.3 is 10.1 Å². The fraction of sp³-hybridized carbons (Fsp3) is 0.444. The number of morpholine rings is 1. The number of ether oxygens (including phenoxy) is 1. The average Bonchev–Trinajstić information content (AvgIpc) is 3.25. The Bertz CT molecular complexity index is 673. The Hall–Kier alpha value is -1.76. The van der Waals surface area contributed by atoms with Crippen molar-refractivity contribution in [2.24, 2.45) is 0 Å². The van der Waals surface area contributed by atoms with Crippen LogP contribution in [0.15, 0.2) is 41.9 Å². The van der Waals surface area contributed by atoms with Crippen LogP contribution in [0.25, 0.3) is 0 Å². The van der Waals surface area contributed by atoms with Crippen LogP contribution in [0, 0.1) is 0 Å². The van der Waals surface area contributed by atoms with Crippen LogP contribution in [-0.2, 0) is 9.53 Å². The van der Waals surface area contributed by atoms with Gasteiger partial charge in [0, 0.05) is 30.7 Å². The Morgan fingerprint density at radius 1 is 1.33 bits per heavy atom. The number of hydrogen-bond acceptors (Lipinski definition) is 5. The maximum absolute atomic E-state index is 12.9. The number of amides is 1. The molecule has 1 N–H and O–H groups in total. The van der Waals surface area contributed by atoms with Crippen molar-refractivity contribution in [1.82, 2.24) is 15.2 Å².